The molecule has 1 rings (SSSR count). The lowest BCUT2D eigenvalue weighted by molar-refractivity contribution is -0.138. The van der Waals surface area contributed by atoms with Crippen LogP contribution in [0, 0.1) is 13.8 Å². The largest absolute Gasteiger partial charge is 0.480 e. The summed E-state index contributed by atoms with van der Waals surface area (Å²) in [4.78, 5) is 33.2. The van der Waals surface area contributed by atoms with Gasteiger partial charge in [0.2, 0.25) is 11.8 Å². The summed E-state index contributed by atoms with van der Waals surface area (Å²) in [6.07, 6.45) is -0.0254. The number of aliphatic carboxylic acids is 1. The number of aryl methyl sites for hydroxylation is 2. The van der Waals surface area contributed by atoms with Gasteiger partial charge in [-0.15, -0.1) is 0 Å². The van der Waals surface area contributed by atoms with Crippen LogP contribution in [-0.4, -0.2) is 29.4 Å². The van der Waals surface area contributed by atoms with Crippen LogP contribution in [0.25, 0.3) is 0 Å². The molecule has 20 heavy (non-hydrogen) atoms. The number of carbonyl (C=O) groups excluding carboxylic acids is 2. The Bertz CT molecular complexity index is 506. The van der Waals surface area contributed by atoms with Gasteiger partial charge < -0.3 is 15.7 Å². The van der Waals surface area contributed by atoms with E-state index in [1.165, 1.54) is 0 Å². The topological polar surface area (TPSA) is 95.5 Å². The fraction of sp³-hybridized carbons (Fsp3) is 0.357. The predicted octanol–water partition coefficient (Wildman–Crippen LogP) is 1.22. The zero-order valence-corrected chi connectivity index (χ0v) is 11.5. The minimum atomic E-state index is -1.11. The van der Waals surface area contributed by atoms with E-state index in [1.54, 1.807) is 0 Å². The molecule has 6 nitrogen and oxygen atoms in total. The van der Waals surface area contributed by atoms with Crippen LogP contribution in [0.5, 0.6) is 0 Å². The highest BCUT2D eigenvalue weighted by Gasteiger charge is 2.08. The molecule has 108 valence electrons. The predicted molar refractivity (Wildman–Crippen MR) is 74.4 cm³/mol. The lowest BCUT2D eigenvalue weighted by atomic mass is 10.1. The molecule has 0 radical (unpaired) electrons. The minimum Gasteiger partial charge on any atom is -0.480 e. The lowest BCUT2D eigenvalue weighted by Gasteiger charge is -2.07. The van der Waals surface area contributed by atoms with E-state index >= 15 is 0 Å². The van der Waals surface area contributed by atoms with Crippen molar-refractivity contribution in [3.8, 4) is 0 Å². The highest BCUT2D eigenvalue weighted by molar-refractivity contribution is 5.93. The fourth-order valence-electron chi connectivity index (χ4n) is 1.76. The number of hydrogen-bond acceptors (Lipinski definition) is 3. The lowest BCUT2D eigenvalue weighted by Crippen LogP contribution is -2.29. The zero-order chi connectivity index (χ0) is 15.1. The zero-order valence-electron chi connectivity index (χ0n) is 11.5. The van der Waals surface area contributed by atoms with Crippen molar-refractivity contribution in [1.29, 1.82) is 0 Å². The maximum Gasteiger partial charge on any atom is 0.322 e. The molecule has 0 saturated heterocycles. The summed E-state index contributed by atoms with van der Waals surface area (Å²) < 4.78 is 0. The van der Waals surface area contributed by atoms with Crippen LogP contribution in [0.1, 0.15) is 24.0 Å². The van der Waals surface area contributed by atoms with E-state index in [-0.39, 0.29) is 18.7 Å². The van der Waals surface area contributed by atoms with Crippen molar-refractivity contribution in [2.75, 3.05) is 11.9 Å². The molecule has 0 fully saturated rings. The van der Waals surface area contributed by atoms with Crippen LogP contribution in [0.15, 0.2) is 18.2 Å². The van der Waals surface area contributed by atoms with Gasteiger partial charge in [-0.3, -0.25) is 14.4 Å². The summed E-state index contributed by atoms with van der Waals surface area (Å²) in [5.41, 5.74) is 2.78. The van der Waals surface area contributed by atoms with Gasteiger partial charge >= 0.3 is 5.97 Å². The first-order valence-electron chi connectivity index (χ1n) is 6.23. The van der Waals surface area contributed by atoms with Crippen molar-refractivity contribution >= 4 is 23.5 Å². The molecule has 0 aliphatic carbocycles. The number of anilines is 1. The molecule has 0 aromatic heterocycles. The van der Waals surface area contributed by atoms with E-state index in [0.29, 0.717) is 5.69 Å². The number of carboxylic acids is 1. The highest BCUT2D eigenvalue weighted by atomic mass is 16.4. The first-order chi connectivity index (χ1) is 9.36. The molecule has 0 spiro atoms. The number of rotatable bonds is 6. The van der Waals surface area contributed by atoms with Gasteiger partial charge in [-0.05, 0) is 37.1 Å². The number of hydrogen-bond donors (Lipinski definition) is 3. The monoisotopic (exact) mass is 278 g/mol. The maximum absolute atomic E-state index is 11.7. The third kappa shape index (κ3) is 5.99. The molecule has 0 atom stereocenters. The van der Waals surface area contributed by atoms with Gasteiger partial charge in [-0.25, -0.2) is 0 Å². The van der Waals surface area contributed by atoms with Crippen LogP contribution in [0.2, 0.25) is 0 Å². The van der Waals surface area contributed by atoms with Crippen molar-refractivity contribution in [1.82, 2.24) is 5.32 Å². The second-order valence-corrected chi connectivity index (χ2v) is 4.60. The quantitative estimate of drug-likeness (QED) is 0.729. The molecule has 6 heteroatoms. The molecular formula is C14H18N2O4. The summed E-state index contributed by atoms with van der Waals surface area (Å²) >= 11 is 0. The van der Waals surface area contributed by atoms with Gasteiger partial charge in [0.05, 0.1) is 0 Å². The van der Waals surface area contributed by atoms with E-state index < -0.39 is 18.4 Å². The Morgan fingerprint density at radius 1 is 1.00 bits per heavy atom. The van der Waals surface area contributed by atoms with Gasteiger partial charge in [0.1, 0.15) is 6.54 Å². The third-order valence-electron chi connectivity index (χ3n) is 2.52. The van der Waals surface area contributed by atoms with Crippen molar-refractivity contribution in [2.45, 2.75) is 26.7 Å². The summed E-state index contributed by atoms with van der Waals surface area (Å²) in [5.74, 6) is -1.85. The van der Waals surface area contributed by atoms with Gasteiger partial charge in [0.25, 0.3) is 0 Å². The number of amides is 2. The van der Waals surface area contributed by atoms with Gasteiger partial charge in [-0.2, -0.15) is 0 Å². The minimum absolute atomic E-state index is 0.0123. The first kappa shape index (κ1) is 15.7. The van der Waals surface area contributed by atoms with E-state index in [0.717, 1.165) is 11.1 Å². The third-order valence-corrected chi connectivity index (χ3v) is 2.52. The Hall–Kier alpha value is -2.37. The van der Waals surface area contributed by atoms with Crippen molar-refractivity contribution in [3.05, 3.63) is 29.3 Å². The Balaban J connectivity index is 2.40. The molecule has 0 aliphatic rings. The standard InChI is InChI=1S/C14H18N2O4/c1-9-5-10(2)7-11(6-9)16-13(18)4-3-12(17)15-8-14(19)20/h5-7H,3-4,8H2,1-2H3,(H,15,17)(H,16,18)(H,19,20). The molecule has 3 N–H and O–H groups in total. The Kier molecular flexibility index (Phi) is 5.71. The van der Waals surface area contributed by atoms with Crippen LogP contribution < -0.4 is 10.6 Å². The van der Waals surface area contributed by atoms with E-state index in [2.05, 4.69) is 10.6 Å². The van der Waals surface area contributed by atoms with Crippen molar-refractivity contribution < 1.29 is 19.5 Å². The number of carboxylic acid groups (broad SMARTS) is 1. The van der Waals surface area contributed by atoms with Crippen LogP contribution in [-0.2, 0) is 14.4 Å². The summed E-state index contributed by atoms with van der Waals surface area (Å²) in [6.45, 7) is 3.43. The summed E-state index contributed by atoms with van der Waals surface area (Å²) in [7, 11) is 0. The van der Waals surface area contributed by atoms with Gasteiger partial charge in [0.15, 0.2) is 0 Å². The van der Waals surface area contributed by atoms with E-state index in [1.807, 2.05) is 32.0 Å². The molecule has 2 amide bonds. The molecule has 0 heterocycles. The molecule has 1 aromatic carbocycles. The Morgan fingerprint density at radius 3 is 2.10 bits per heavy atom. The normalized spacial score (nSPS) is 9.90. The molecule has 0 aliphatic heterocycles. The van der Waals surface area contributed by atoms with Crippen LogP contribution in [0.3, 0.4) is 0 Å². The molecule has 0 bridgehead atoms. The average Bonchev–Trinajstić information content (AvgIpc) is 2.32. The summed E-state index contributed by atoms with van der Waals surface area (Å²) in [5, 5.41) is 13.3. The molecule has 0 saturated carbocycles. The molecular weight excluding hydrogens is 260 g/mol. The maximum atomic E-state index is 11.7. The Labute approximate surface area is 117 Å². The van der Waals surface area contributed by atoms with Crippen LogP contribution >= 0.6 is 0 Å². The highest BCUT2D eigenvalue weighted by Crippen LogP contribution is 2.14. The number of benzene rings is 1. The second-order valence-electron chi connectivity index (χ2n) is 4.60. The number of nitrogens with one attached hydrogen (secondary N) is 2. The van der Waals surface area contributed by atoms with E-state index in [9.17, 15) is 14.4 Å². The number of carbonyl (C=O) groups is 3. The van der Waals surface area contributed by atoms with Crippen molar-refractivity contribution in [2.24, 2.45) is 0 Å². The smallest absolute Gasteiger partial charge is 0.322 e. The van der Waals surface area contributed by atoms with Crippen LogP contribution in [0.4, 0.5) is 5.69 Å². The van der Waals surface area contributed by atoms with Crippen molar-refractivity contribution in [3.63, 3.8) is 0 Å². The van der Waals surface area contributed by atoms with Gasteiger partial charge in [0, 0.05) is 18.5 Å². The summed E-state index contributed by atoms with van der Waals surface area (Å²) in [6, 6.07) is 5.68. The average molecular weight is 278 g/mol. The Morgan fingerprint density at radius 2 is 1.55 bits per heavy atom. The second kappa shape index (κ2) is 7.28. The molecule has 1 aromatic rings. The molecule has 0 unspecified atom stereocenters. The SMILES string of the molecule is Cc1cc(C)cc(NC(=O)CCC(=O)NCC(=O)O)c1. The van der Waals surface area contributed by atoms with Gasteiger partial charge in [-0.1, -0.05) is 6.07 Å². The van der Waals surface area contributed by atoms with E-state index in [4.69, 9.17) is 5.11 Å². The first-order valence-corrected chi connectivity index (χ1v) is 6.23. The fourth-order valence-corrected chi connectivity index (χ4v) is 1.76.